The van der Waals surface area contributed by atoms with E-state index in [1.807, 2.05) is 6.07 Å². The molecule has 1 N–H and O–H groups in total. The van der Waals surface area contributed by atoms with Crippen molar-refractivity contribution in [3.05, 3.63) is 40.9 Å². The number of hydrogen-bond acceptors (Lipinski definition) is 5. The van der Waals surface area contributed by atoms with Crippen LogP contribution in [0.4, 0.5) is 0 Å². The van der Waals surface area contributed by atoms with Gasteiger partial charge in [-0.15, -0.1) is 11.3 Å². The number of carboxylic acid groups (broad SMARTS) is 1. The van der Waals surface area contributed by atoms with Gasteiger partial charge < -0.3 is 9.84 Å². The average molecular weight is 387 g/mol. The minimum Gasteiger partial charge on any atom is -0.478 e. The number of rotatable bonds is 4. The number of carboxylic acids is 1. The van der Waals surface area contributed by atoms with Gasteiger partial charge in [0.05, 0.1) is 23.0 Å². The fourth-order valence-corrected chi connectivity index (χ4v) is 5.26. The van der Waals surface area contributed by atoms with Crippen molar-refractivity contribution in [1.82, 2.24) is 9.88 Å². The first-order valence-electron chi connectivity index (χ1n) is 9.71. The molecule has 27 heavy (non-hydrogen) atoms. The van der Waals surface area contributed by atoms with Gasteiger partial charge in [-0.05, 0) is 31.9 Å². The van der Waals surface area contributed by atoms with Crippen LogP contribution in [0.1, 0.15) is 55.1 Å². The number of nitrogens with zero attached hydrogens (tertiary/aromatic N) is 2. The topological polar surface area (TPSA) is 62.7 Å². The van der Waals surface area contributed by atoms with E-state index in [1.165, 1.54) is 19.3 Å². The number of hydrogen-bond donors (Lipinski definition) is 1. The summed E-state index contributed by atoms with van der Waals surface area (Å²) in [6.07, 6.45) is 6.44. The van der Waals surface area contributed by atoms with Gasteiger partial charge in [-0.3, -0.25) is 4.90 Å². The molecule has 1 atom stereocenters. The summed E-state index contributed by atoms with van der Waals surface area (Å²) in [6, 6.07) is 7.00. The summed E-state index contributed by atoms with van der Waals surface area (Å²) in [5, 5.41) is 12.2. The van der Waals surface area contributed by atoms with E-state index in [2.05, 4.69) is 17.2 Å². The predicted octanol–water partition coefficient (Wildman–Crippen LogP) is 4.43. The molecule has 2 aromatic rings. The summed E-state index contributed by atoms with van der Waals surface area (Å²) >= 11 is 1.58. The summed E-state index contributed by atoms with van der Waals surface area (Å²) in [4.78, 5) is 18.4. The van der Waals surface area contributed by atoms with Crippen LogP contribution < -0.4 is 0 Å². The van der Waals surface area contributed by atoms with E-state index in [-0.39, 0.29) is 11.7 Å². The summed E-state index contributed by atoms with van der Waals surface area (Å²) in [6.45, 7) is 4.92. The van der Waals surface area contributed by atoms with E-state index in [0.29, 0.717) is 5.56 Å². The highest BCUT2D eigenvalue weighted by Crippen LogP contribution is 2.36. The molecule has 5 nitrogen and oxygen atoms in total. The summed E-state index contributed by atoms with van der Waals surface area (Å²) in [5.74, 6) is -0.909. The Hall–Kier alpha value is -1.76. The minimum atomic E-state index is -0.909. The van der Waals surface area contributed by atoms with Crippen LogP contribution in [0.15, 0.2) is 29.6 Å². The lowest BCUT2D eigenvalue weighted by molar-refractivity contribution is -0.165. The Kier molecular flexibility index (Phi) is 5.30. The van der Waals surface area contributed by atoms with Crippen molar-refractivity contribution < 1.29 is 14.6 Å². The van der Waals surface area contributed by atoms with Crippen LogP contribution >= 0.6 is 11.3 Å². The second-order valence-corrected chi connectivity index (χ2v) is 8.73. The van der Waals surface area contributed by atoms with Gasteiger partial charge >= 0.3 is 5.97 Å². The number of carbonyl (C=O) groups is 1. The van der Waals surface area contributed by atoms with Gasteiger partial charge in [0.2, 0.25) is 0 Å². The molecule has 4 rings (SSSR count). The Balaban J connectivity index is 1.47. The van der Waals surface area contributed by atoms with E-state index in [1.54, 1.807) is 29.5 Å². The smallest absolute Gasteiger partial charge is 0.335 e. The van der Waals surface area contributed by atoms with Gasteiger partial charge in [0, 0.05) is 30.6 Å². The van der Waals surface area contributed by atoms with Crippen molar-refractivity contribution in [2.75, 3.05) is 13.1 Å². The lowest BCUT2D eigenvalue weighted by Gasteiger charge is -2.47. The molecule has 2 aliphatic rings. The molecule has 1 aliphatic carbocycles. The molecule has 6 heteroatoms. The maximum atomic E-state index is 11.2. The number of morpholine rings is 1. The molecular formula is C21H26N2O3S. The van der Waals surface area contributed by atoms with Gasteiger partial charge in [-0.2, -0.15) is 0 Å². The van der Waals surface area contributed by atoms with E-state index >= 15 is 0 Å². The summed E-state index contributed by atoms with van der Waals surface area (Å²) < 4.78 is 6.38. The fraction of sp³-hybridized carbons (Fsp3) is 0.524. The van der Waals surface area contributed by atoms with Crippen LogP contribution in [0.25, 0.3) is 10.6 Å². The van der Waals surface area contributed by atoms with Crippen LogP contribution in [0.3, 0.4) is 0 Å². The van der Waals surface area contributed by atoms with Gasteiger partial charge in [-0.25, -0.2) is 9.78 Å². The predicted molar refractivity (Wildman–Crippen MR) is 106 cm³/mol. The van der Waals surface area contributed by atoms with Crippen LogP contribution in [0.2, 0.25) is 0 Å². The maximum absolute atomic E-state index is 11.2. The summed E-state index contributed by atoms with van der Waals surface area (Å²) in [7, 11) is 0. The SMILES string of the molecule is CC1CN(Cc2csc(-c3cccc(C(=O)O)c3)n2)CC2(CCCCC2)O1. The van der Waals surface area contributed by atoms with Gasteiger partial charge in [-0.1, -0.05) is 31.4 Å². The third-order valence-corrected chi connectivity index (χ3v) is 6.48. The molecule has 1 aromatic heterocycles. The molecule has 1 saturated heterocycles. The number of aromatic nitrogens is 1. The number of benzene rings is 1. The molecule has 1 aliphatic heterocycles. The second kappa shape index (κ2) is 7.70. The molecule has 1 aromatic carbocycles. The lowest BCUT2D eigenvalue weighted by atomic mass is 9.83. The minimum absolute atomic E-state index is 0.0323. The largest absolute Gasteiger partial charge is 0.478 e. The molecule has 0 amide bonds. The third kappa shape index (κ3) is 4.23. The molecule has 1 saturated carbocycles. The van der Waals surface area contributed by atoms with Crippen LogP contribution in [0.5, 0.6) is 0 Å². The highest BCUT2D eigenvalue weighted by Gasteiger charge is 2.40. The maximum Gasteiger partial charge on any atom is 0.335 e. The second-order valence-electron chi connectivity index (χ2n) is 7.87. The zero-order valence-electron chi connectivity index (χ0n) is 15.7. The van der Waals surface area contributed by atoms with Crippen LogP contribution in [-0.4, -0.2) is 45.8 Å². The monoisotopic (exact) mass is 386 g/mol. The zero-order valence-corrected chi connectivity index (χ0v) is 16.5. The Morgan fingerprint density at radius 2 is 2.19 bits per heavy atom. The molecule has 2 heterocycles. The number of aromatic carboxylic acids is 1. The number of ether oxygens (including phenoxy) is 1. The Bertz CT molecular complexity index is 813. The van der Waals surface area contributed by atoms with E-state index in [9.17, 15) is 9.90 Å². The van der Waals surface area contributed by atoms with Crippen LogP contribution in [0, 0.1) is 0 Å². The fourth-order valence-electron chi connectivity index (χ4n) is 4.46. The first kappa shape index (κ1) is 18.6. The molecule has 2 fully saturated rings. The molecule has 144 valence electrons. The standard InChI is InChI=1S/C21H26N2O3S/c1-15-11-23(14-21(26-15)8-3-2-4-9-21)12-18-13-27-19(22-18)16-6-5-7-17(10-16)20(24)25/h5-7,10,13,15H,2-4,8-9,11-12,14H2,1H3,(H,24,25). The van der Waals surface area contributed by atoms with Crippen molar-refractivity contribution in [3.63, 3.8) is 0 Å². The van der Waals surface area contributed by atoms with E-state index < -0.39 is 5.97 Å². The van der Waals surface area contributed by atoms with Crippen molar-refractivity contribution in [1.29, 1.82) is 0 Å². The van der Waals surface area contributed by atoms with Crippen molar-refractivity contribution in [2.45, 2.75) is 57.3 Å². The Labute approximate surface area is 164 Å². The molecule has 1 unspecified atom stereocenters. The Morgan fingerprint density at radius 3 is 2.96 bits per heavy atom. The molecule has 0 bridgehead atoms. The summed E-state index contributed by atoms with van der Waals surface area (Å²) in [5.41, 5.74) is 2.25. The number of thiazole rings is 1. The molecule has 1 spiro atoms. The highest BCUT2D eigenvalue weighted by atomic mass is 32.1. The first-order chi connectivity index (χ1) is 13.0. The van der Waals surface area contributed by atoms with Crippen molar-refractivity contribution in [3.8, 4) is 10.6 Å². The molecule has 0 radical (unpaired) electrons. The quantitative estimate of drug-likeness (QED) is 0.842. The highest BCUT2D eigenvalue weighted by molar-refractivity contribution is 7.13. The molecular weight excluding hydrogens is 360 g/mol. The van der Waals surface area contributed by atoms with E-state index in [4.69, 9.17) is 9.72 Å². The normalized spacial score (nSPS) is 22.8. The zero-order chi connectivity index (χ0) is 18.9. The van der Waals surface area contributed by atoms with Gasteiger partial charge in [0.25, 0.3) is 0 Å². The Morgan fingerprint density at radius 1 is 1.37 bits per heavy atom. The van der Waals surface area contributed by atoms with Crippen molar-refractivity contribution in [2.24, 2.45) is 0 Å². The average Bonchev–Trinajstić information content (AvgIpc) is 3.10. The third-order valence-electron chi connectivity index (χ3n) is 5.54. The first-order valence-corrected chi connectivity index (χ1v) is 10.6. The lowest BCUT2D eigenvalue weighted by Crippen LogP contribution is -2.55. The van der Waals surface area contributed by atoms with Crippen molar-refractivity contribution >= 4 is 17.3 Å². The van der Waals surface area contributed by atoms with Gasteiger partial charge in [0.15, 0.2) is 0 Å². The van der Waals surface area contributed by atoms with Crippen LogP contribution in [-0.2, 0) is 11.3 Å². The van der Waals surface area contributed by atoms with E-state index in [0.717, 1.165) is 48.7 Å². The van der Waals surface area contributed by atoms with Gasteiger partial charge in [0.1, 0.15) is 5.01 Å².